The maximum absolute atomic E-state index is 13.5. The molecule has 3 aromatic carbocycles. The highest BCUT2D eigenvalue weighted by atomic mass is 16.5. The van der Waals surface area contributed by atoms with Gasteiger partial charge in [-0.1, -0.05) is 87.4 Å². The largest absolute Gasteiger partial charge is 0.491 e. The van der Waals surface area contributed by atoms with Crippen molar-refractivity contribution >= 4 is 28.6 Å². The Morgan fingerprint density at radius 1 is 1.02 bits per heavy atom. The molecule has 0 saturated carbocycles. The van der Waals surface area contributed by atoms with Crippen LogP contribution in [0, 0.1) is 5.41 Å². The van der Waals surface area contributed by atoms with Crippen LogP contribution in [0.1, 0.15) is 80.8 Å². The summed E-state index contributed by atoms with van der Waals surface area (Å²) in [7, 11) is 0. The Labute approximate surface area is 259 Å². The van der Waals surface area contributed by atoms with Crippen molar-refractivity contribution in [3.8, 4) is 5.75 Å². The first-order chi connectivity index (χ1) is 21.4. The molecule has 1 aromatic heterocycles. The van der Waals surface area contributed by atoms with E-state index in [9.17, 15) is 9.59 Å². The van der Waals surface area contributed by atoms with Crippen LogP contribution in [0.4, 0.5) is 5.69 Å². The molecule has 0 fully saturated rings. The van der Waals surface area contributed by atoms with Crippen molar-refractivity contribution in [3.05, 3.63) is 114 Å². The number of anilines is 1. The molecule has 0 aliphatic heterocycles. The lowest BCUT2D eigenvalue weighted by molar-refractivity contribution is -0.137. The number of para-hydroxylation sites is 2. The average Bonchev–Trinajstić information content (AvgIpc) is 3.45. The van der Waals surface area contributed by atoms with E-state index < -0.39 is 5.97 Å². The molecule has 0 spiro atoms. The average molecular weight is 592 g/mol. The fourth-order valence-electron chi connectivity index (χ4n) is 6.24. The number of imidazole rings is 1. The first-order valence-electron chi connectivity index (χ1n) is 15.6. The smallest absolute Gasteiger partial charge is 0.303 e. The number of rotatable bonds is 14. The van der Waals surface area contributed by atoms with Gasteiger partial charge in [0.1, 0.15) is 5.75 Å². The molecule has 0 bridgehead atoms. The molecule has 0 saturated heterocycles. The van der Waals surface area contributed by atoms with Gasteiger partial charge in [-0.3, -0.25) is 9.59 Å². The molecular formula is C37H41N3O4. The number of nitrogens with one attached hydrogen (secondary N) is 1. The maximum Gasteiger partial charge on any atom is 0.303 e. The fraction of sp³-hybridized carbons (Fsp3) is 0.324. The molecule has 5 rings (SSSR count). The minimum atomic E-state index is -0.865. The number of aromatic nitrogens is 2. The zero-order valence-electron chi connectivity index (χ0n) is 25.5. The first kappa shape index (κ1) is 30.8. The Balaban J connectivity index is 1.44. The zero-order valence-corrected chi connectivity index (χ0v) is 25.5. The van der Waals surface area contributed by atoms with Crippen molar-refractivity contribution < 1.29 is 19.4 Å². The van der Waals surface area contributed by atoms with Crippen LogP contribution in [0.15, 0.2) is 103 Å². The second kappa shape index (κ2) is 14.2. The van der Waals surface area contributed by atoms with Crippen LogP contribution in [0.2, 0.25) is 0 Å². The van der Waals surface area contributed by atoms with Crippen molar-refractivity contribution in [1.82, 2.24) is 9.55 Å². The minimum Gasteiger partial charge on any atom is -0.491 e. The highest BCUT2D eigenvalue weighted by molar-refractivity contribution is 6.06. The summed E-state index contributed by atoms with van der Waals surface area (Å²) in [5, 5.41) is 11.9. The summed E-state index contributed by atoms with van der Waals surface area (Å²) < 4.78 is 7.96. The number of nitrogens with zero attached hydrogens (tertiary/aromatic N) is 2. The SMILES string of the molecule is CCCC1(CCC)C=CC(C(c2ccccc2)n2cnc3ccc(C(=O)Nc4ccccc4OCCCC(=O)O)cc32)=CC1. The molecule has 1 aliphatic carbocycles. The topological polar surface area (TPSA) is 93.5 Å². The Morgan fingerprint density at radius 3 is 2.48 bits per heavy atom. The maximum atomic E-state index is 13.5. The minimum absolute atomic E-state index is 0.0250. The van der Waals surface area contributed by atoms with Gasteiger partial charge < -0.3 is 19.7 Å². The molecule has 0 radical (unpaired) electrons. The predicted octanol–water partition coefficient (Wildman–Crippen LogP) is 8.59. The van der Waals surface area contributed by atoms with Gasteiger partial charge in [-0.15, -0.1) is 0 Å². The third-order valence-electron chi connectivity index (χ3n) is 8.34. The van der Waals surface area contributed by atoms with E-state index >= 15 is 0 Å². The van der Waals surface area contributed by atoms with Gasteiger partial charge in [0.25, 0.3) is 5.91 Å². The number of fused-ring (bicyclic) bond motifs is 1. The Morgan fingerprint density at radius 2 is 1.77 bits per heavy atom. The summed E-state index contributed by atoms with van der Waals surface area (Å²) in [6, 6.07) is 23.1. The van der Waals surface area contributed by atoms with Crippen LogP contribution in [-0.4, -0.2) is 33.1 Å². The molecule has 1 heterocycles. The number of ether oxygens (including phenoxy) is 1. The molecule has 1 aliphatic rings. The van der Waals surface area contributed by atoms with Crippen LogP contribution >= 0.6 is 0 Å². The predicted molar refractivity (Wildman–Crippen MR) is 175 cm³/mol. The quantitative estimate of drug-likeness (QED) is 0.143. The number of allylic oxidation sites excluding steroid dienone is 4. The van der Waals surface area contributed by atoms with E-state index in [4.69, 9.17) is 14.8 Å². The van der Waals surface area contributed by atoms with Crippen LogP contribution in [0.25, 0.3) is 11.0 Å². The highest BCUT2D eigenvalue weighted by Gasteiger charge is 2.29. The lowest BCUT2D eigenvalue weighted by Crippen LogP contribution is -2.21. The number of hydrogen-bond donors (Lipinski definition) is 2. The van der Waals surface area contributed by atoms with Crippen LogP contribution in [0.5, 0.6) is 5.75 Å². The molecule has 7 nitrogen and oxygen atoms in total. The monoisotopic (exact) mass is 591 g/mol. The van der Waals surface area contributed by atoms with E-state index in [1.165, 1.54) is 18.4 Å². The summed E-state index contributed by atoms with van der Waals surface area (Å²) in [4.78, 5) is 29.1. The van der Waals surface area contributed by atoms with E-state index in [0.717, 1.165) is 35.9 Å². The molecule has 7 heteroatoms. The van der Waals surface area contributed by atoms with E-state index in [0.29, 0.717) is 23.4 Å². The van der Waals surface area contributed by atoms with Gasteiger partial charge in [0, 0.05) is 12.0 Å². The number of carboxylic acid groups (broad SMARTS) is 1. The molecule has 2 N–H and O–H groups in total. The third-order valence-corrected chi connectivity index (χ3v) is 8.34. The van der Waals surface area contributed by atoms with Gasteiger partial charge in [-0.05, 0) is 72.6 Å². The molecular weight excluding hydrogens is 550 g/mol. The molecule has 44 heavy (non-hydrogen) atoms. The normalized spacial score (nSPS) is 14.6. The number of carbonyl (C=O) groups is 2. The standard InChI is InChI=1S/C37H41N3O4/c1-3-20-37(21-4-2)22-18-28(19-23-37)35(27-11-6-5-7-12-27)40-26-38-30-17-16-29(25-32(30)40)36(43)39-31-13-8-9-14-33(31)44-24-10-15-34(41)42/h5-9,11-14,16-19,22,25-26,35H,3-4,10,15,20-21,23-24H2,1-2H3,(H,39,43)(H,41,42). The molecule has 228 valence electrons. The molecule has 1 atom stereocenters. The van der Waals surface area contributed by atoms with Gasteiger partial charge in [-0.25, -0.2) is 4.98 Å². The summed E-state index contributed by atoms with van der Waals surface area (Å²) in [6.45, 7) is 4.76. The lowest BCUT2D eigenvalue weighted by Gasteiger charge is -2.34. The van der Waals surface area contributed by atoms with Gasteiger partial charge >= 0.3 is 5.97 Å². The number of carboxylic acids is 1. The van der Waals surface area contributed by atoms with Crippen molar-refractivity contribution in [2.24, 2.45) is 5.41 Å². The van der Waals surface area contributed by atoms with Gasteiger partial charge in [-0.2, -0.15) is 0 Å². The van der Waals surface area contributed by atoms with Crippen molar-refractivity contribution in [2.75, 3.05) is 11.9 Å². The van der Waals surface area contributed by atoms with Crippen LogP contribution in [0.3, 0.4) is 0 Å². The number of hydrogen-bond acceptors (Lipinski definition) is 4. The van der Waals surface area contributed by atoms with Gasteiger partial charge in [0.05, 0.1) is 35.7 Å². The number of benzene rings is 3. The van der Waals surface area contributed by atoms with E-state index in [2.05, 4.69) is 66.2 Å². The van der Waals surface area contributed by atoms with Gasteiger partial charge in [0.2, 0.25) is 0 Å². The fourth-order valence-corrected chi connectivity index (χ4v) is 6.24. The zero-order chi connectivity index (χ0) is 30.9. The Kier molecular flexibility index (Phi) is 9.95. The van der Waals surface area contributed by atoms with Crippen LogP contribution in [-0.2, 0) is 4.79 Å². The summed E-state index contributed by atoms with van der Waals surface area (Å²) in [5.74, 6) is -0.630. The summed E-state index contributed by atoms with van der Waals surface area (Å²) in [5.41, 5.74) is 5.32. The van der Waals surface area contributed by atoms with Gasteiger partial charge in [0.15, 0.2) is 0 Å². The van der Waals surface area contributed by atoms with Crippen molar-refractivity contribution in [2.45, 2.75) is 64.8 Å². The number of aliphatic carboxylic acids is 1. The molecule has 4 aromatic rings. The molecule has 1 unspecified atom stereocenters. The molecule has 1 amide bonds. The second-order valence-electron chi connectivity index (χ2n) is 11.6. The Hall–Kier alpha value is -4.65. The van der Waals surface area contributed by atoms with Crippen molar-refractivity contribution in [1.29, 1.82) is 0 Å². The number of amides is 1. The van der Waals surface area contributed by atoms with E-state index in [-0.39, 0.29) is 30.4 Å². The summed E-state index contributed by atoms with van der Waals surface area (Å²) >= 11 is 0. The van der Waals surface area contributed by atoms with E-state index in [1.54, 1.807) is 18.2 Å². The summed E-state index contributed by atoms with van der Waals surface area (Å²) in [6.07, 6.45) is 15.1. The first-order valence-corrected chi connectivity index (χ1v) is 15.6. The Bertz CT molecular complexity index is 1650. The lowest BCUT2D eigenvalue weighted by atomic mass is 9.72. The van der Waals surface area contributed by atoms with E-state index in [1.807, 2.05) is 36.7 Å². The highest BCUT2D eigenvalue weighted by Crippen LogP contribution is 2.42. The van der Waals surface area contributed by atoms with Crippen molar-refractivity contribution in [3.63, 3.8) is 0 Å². The van der Waals surface area contributed by atoms with Crippen LogP contribution < -0.4 is 10.1 Å². The second-order valence-corrected chi connectivity index (χ2v) is 11.6. The number of carbonyl (C=O) groups excluding carboxylic acids is 1. The third kappa shape index (κ3) is 7.10.